The molecular formula is C15H24N2O2. The molecule has 106 valence electrons. The predicted octanol–water partition coefficient (Wildman–Crippen LogP) is 2.77. The first-order valence-corrected chi connectivity index (χ1v) is 7.04. The fourth-order valence-electron chi connectivity index (χ4n) is 2.00. The maximum atomic E-state index is 11.9. The van der Waals surface area contributed by atoms with Crippen molar-refractivity contribution in [1.82, 2.24) is 10.3 Å². The third kappa shape index (κ3) is 5.28. The fraction of sp³-hybridized carbons (Fsp3) is 0.600. The van der Waals surface area contributed by atoms with Gasteiger partial charge >= 0.3 is 0 Å². The van der Waals surface area contributed by atoms with Crippen LogP contribution in [0, 0.1) is 6.92 Å². The normalized spacial score (nSPS) is 12.2. The largest absolute Gasteiger partial charge is 0.364 e. The van der Waals surface area contributed by atoms with E-state index in [1.165, 1.54) is 31.5 Å². The Morgan fingerprint density at radius 3 is 2.74 bits per heavy atom. The van der Waals surface area contributed by atoms with Gasteiger partial charge in [-0.15, -0.1) is 0 Å². The molecule has 0 saturated carbocycles. The summed E-state index contributed by atoms with van der Waals surface area (Å²) in [5.74, 6) is -0.288. The highest BCUT2D eigenvalue weighted by Crippen LogP contribution is 2.05. The van der Waals surface area contributed by atoms with E-state index < -0.39 is 0 Å². The Labute approximate surface area is 114 Å². The summed E-state index contributed by atoms with van der Waals surface area (Å²) in [6, 6.07) is 1.55. The molecule has 0 aliphatic heterocycles. The Morgan fingerprint density at radius 1 is 1.37 bits per heavy atom. The zero-order valence-electron chi connectivity index (χ0n) is 12.1. The number of carbonyl (C=O) groups is 1. The maximum absolute atomic E-state index is 11.9. The zero-order valence-corrected chi connectivity index (χ0v) is 12.1. The van der Waals surface area contributed by atoms with Crippen molar-refractivity contribution in [2.24, 2.45) is 0 Å². The number of unbranched alkanes of at least 4 members (excludes halogenated alkanes) is 3. The van der Waals surface area contributed by atoms with Crippen LogP contribution in [0.4, 0.5) is 0 Å². The van der Waals surface area contributed by atoms with Crippen LogP contribution in [0.1, 0.15) is 62.0 Å². The van der Waals surface area contributed by atoms with E-state index in [1.54, 1.807) is 6.92 Å². The van der Waals surface area contributed by atoms with Crippen LogP contribution < -0.4 is 10.7 Å². The molecule has 0 aliphatic rings. The van der Waals surface area contributed by atoms with E-state index in [0.29, 0.717) is 0 Å². The second kappa shape index (κ2) is 7.77. The number of aromatic nitrogens is 1. The lowest BCUT2D eigenvalue weighted by Crippen LogP contribution is -2.35. The van der Waals surface area contributed by atoms with Crippen molar-refractivity contribution in [3.05, 3.63) is 33.7 Å². The minimum Gasteiger partial charge on any atom is -0.364 e. The van der Waals surface area contributed by atoms with Gasteiger partial charge < -0.3 is 10.3 Å². The average molecular weight is 264 g/mol. The van der Waals surface area contributed by atoms with Gasteiger partial charge in [-0.25, -0.2) is 0 Å². The summed E-state index contributed by atoms with van der Waals surface area (Å²) < 4.78 is 0. The minimum absolute atomic E-state index is 0.102. The molecule has 1 unspecified atom stereocenters. The highest BCUT2D eigenvalue weighted by molar-refractivity contribution is 5.93. The summed E-state index contributed by atoms with van der Waals surface area (Å²) in [7, 11) is 0. The molecular weight excluding hydrogens is 240 g/mol. The molecule has 4 nitrogen and oxygen atoms in total. The van der Waals surface area contributed by atoms with Crippen LogP contribution in [0.3, 0.4) is 0 Å². The van der Waals surface area contributed by atoms with Gasteiger partial charge in [0.05, 0.1) is 0 Å². The van der Waals surface area contributed by atoms with Crippen LogP contribution in [-0.2, 0) is 0 Å². The SMILES string of the molecule is CCCCCCC(C)NC(=O)c1c[nH]c(C)cc1=O. The summed E-state index contributed by atoms with van der Waals surface area (Å²) in [5.41, 5.74) is 0.715. The van der Waals surface area contributed by atoms with Crippen molar-refractivity contribution in [3.63, 3.8) is 0 Å². The Hall–Kier alpha value is -1.58. The predicted molar refractivity (Wildman–Crippen MR) is 77.5 cm³/mol. The third-order valence-corrected chi connectivity index (χ3v) is 3.17. The minimum atomic E-state index is -0.288. The van der Waals surface area contributed by atoms with E-state index in [9.17, 15) is 9.59 Å². The van der Waals surface area contributed by atoms with Crippen molar-refractivity contribution in [2.75, 3.05) is 0 Å². The first kappa shape index (κ1) is 15.5. The monoisotopic (exact) mass is 264 g/mol. The topological polar surface area (TPSA) is 62.0 Å². The number of H-pyrrole nitrogens is 1. The lowest BCUT2D eigenvalue weighted by atomic mass is 10.1. The van der Waals surface area contributed by atoms with Gasteiger partial charge in [-0.2, -0.15) is 0 Å². The summed E-state index contributed by atoms with van der Waals surface area (Å²) in [6.07, 6.45) is 7.19. The molecule has 1 amide bonds. The number of aryl methyl sites for hydroxylation is 1. The second-order valence-corrected chi connectivity index (χ2v) is 5.12. The average Bonchev–Trinajstić information content (AvgIpc) is 2.34. The first-order chi connectivity index (χ1) is 9.04. The molecule has 0 radical (unpaired) electrons. The first-order valence-electron chi connectivity index (χ1n) is 7.04. The second-order valence-electron chi connectivity index (χ2n) is 5.12. The van der Waals surface area contributed by atoms with Crippen molar-refractivity contribution in [1.29, 1.82) is 0 Å². The number of aromatic amines is 1. The molecule has 0 spiro atoms. The van der Waals surface area contributed by atoms with Gasteiger partial charge in [0.15, 0.2) is 5.43 Å². The van der Waals surface area contributed by atoms with Gasteiger partial charge in [0.25, 0.3) is 5.91 Å². The van der Waals surface area contributed by atoms with Crippen molar-refractivity contribution in [2.45, 2.75) is 58.9 Å². The fourth-order valence-corrected chi connectivity index (χ4v) is 2.00. The molecule has 4 heteroatoms. The number of nitrogens with one attached hydrogen (secondary N) is 2. The maximum Gasteiger partial charge on any atom is 0.256 e. The number of hydrogen-bond donors (Lipinski definition) is 2. The highest BCUT2D eigenvalue weighted by atomic mass is 16.2. The lowest BCUT2D eigenvalue weighted by Gasteiger charge is -2.13. The van der Waals surface area contributed by atoms with Crippen LogP contribution in [0.2, 0.25) is 0 Å². The molecule has 1 aromatic rings. The molecule has 1 atom stereocenters. The molecule has 1 heterocycles. The van der Waals surface area contributed by atoms with Gasteiger partial charge in [-0.1, -0.05) is 32.6 Å². The number of carbonyl (C=O) groups excluding carboxylic acids is 1. The van der Waals surface area contributed by atoms with Crippen LogP contribution in [-0.4, -0.2) is 16.9 Å². The summed E-state index contributed by atoms with van der Waals surface area (Å²) in [6.45, 7) is 5.94. The quantitative estimate of drug-likeness (QED) is 0.744. The summed E-state index contributed by atoms with van der Waals surface area (Å²) in [5, 5.41) is 2.87. The Morgan fingerprint density at radius 2 is 2.11 bits per heavy atom. The molecule has 2 N–H and O–H groups in total. The van der Waals surface area contributed by atoms with E-state index in [-0.39, 0.29) is 22.9 Å². The van der Waals surface area contributed by atoms with Crippen molar-refractivity contribution in [3.8, 4) is 0 Å². The third-order valence-electron chi connectivity index (χ3n) is 3.17. The van der Waals surface area contributed by atoms with Gasteiger partial charge in [-0.3, -0.25) is 9.59 Å². The molecule has 1 aromatic heterocycles. The Balaban J connectivity index is 2.48. The van der Waals surface area contributed by atoms with Crippen LogP contribution >= 0.6 is 0 Å². The smallest absolute Gasteiger partial charge is 0.256 e. The molecule has 19 heavy (non-hydrogen) atoms. The van der Waals surface area contributed by atoms with Crippen LogP contribution in [0.5, 0.6) is 0 Å². The number of rotatable bonds is 7. The van der Waals surface area contributed by atoms with Crippen LogP contribution in [0.25, 0.3) is 0 Å². The summed E-state index contributed by atoms with van der Waals surface area (Å²) in [4.78, 5) is 26.5. The molecule has 0 bridgehead atoms. The van der Waals surface area contributed by atoms with E-state index >= 15 is 0 Å². The van der Waals surface area contributed by atoms with Crippen LogP contribution in [0.15, 0.2) is 17.1 Å². The van der Waals surface area contributed by atoms with E-state index in [1.807, 2.05) is 6.92 Å². The standard InChI is InChI=1S/C15H24N2O2/c1-4-5-6-7-8-11(2)17-15(19)13-10-16-12(3)9-14(13)18/h9-11H,4-8H2,1-3H3,(H,16,18)(H,17,19). The van der Waals surface area contributed by atoms with E-state index in [2.05, 4.69) is 17.2 Å². The molecule has 0 saturated heterocycles. The zero-order chi connectivity index (χ0) is 14.3. The van der Waals surface area contributed by atoms with E-state index in [4.69, 9.17) is 0 Å². The van der Waals surface area contributed by atoms with Crippen molar-refractivity contribution >= 4 is 5.91 Å². The highest BCUT2D eigenvalue weighted by Gasteiger charge is 2.12. The van der Waals surface area contributed by atoms with Gasteiger partial charge in [0, 0.05) is 24.0 Å². The van der Waals surface area contributed by atoms with Crippen molar-refractivity contribution < 1.29 is 4.79 Å². The molecule has 0 aliphatic carbocycles. The van der Waals surface area contributed by atoms with Gasteiger partial charge in [-0.05, 0) is 20.3 Å². The molecule has 0 fully saturated rings. The van der Waals surface area contributed by atoms with Gasteiger partial charge in [0.1, 0.15) is 5.56 Å². The lowest BCUT2D eigenvalue weighted by molar-refractivity contribution is 0.0936. The Bertz CT molecular complexity index is 465. The van der Waals surface area contributed by atoms with Gasteiger partial charge in [0.2, 0.25) is 0 Å². The Kier molecular flexibility index (Phi) is 6.33. The molecule has 1 rings (SSSR count). The number of hydrogen-bond acceptors (Lipinski definition) is 2. The summed E-state index contributed by atoms with van der Waals surface area (Å²) >= 11 is 0. The number of amides is 1. The molecule has 0 aromatic carbocycles. The number of pyridine rings is 1. The van der Waals surface area contributed by atoms with E-state index in [0.717, 1.165) is 18.5 Å².